The normalized spacial score (nSPS) is 15.2. The summed E-state index contributed by atoms with van der Waals surface area (Å²) in [6, 6.07) is 15.6. The molecule has 0 atom stereocenters. The van der Waals surface area contributed by atoms with E-state index in [1.54, 1.807) is 0 Å². The van der Waals surface area contributed by atoms with Gasteiger partial charge in [-0.25, -0.2) is 0 Å². The van der Waals surface area contributed by atoms with Gasteiger partial charge in [0.2, 0.25) is 0 Å². The minimum Gasteiger partial charge on any atom is -0.382 e. The van der Waals surface area contributed by atoms with Crippen molar-refractivity contribution in [3.8, 4) is 11.1 Å². The molecule has 0 spiro atoms. The van der Waals surface area contributed by atoms with Crippen LogP contribution in [-0.4, -0.2) is 24.1 Å². The predicted octanol–water partition coefficient (Wildman–Crippen LogP) is 4.71. The molecule has 25 heavy (non-hydrogen) atoms. The quantitative estimate of drug-likeness (QED) is 0.728. The molecule has 0 aliphatic carbocycles. The molecule has 0 radical (unpaired) electrons. The van der Waals surface area contributed by atoms with Crippen LogP contribution in [0, 0.1) is 0 Å². The van der Waals surface area contributed by atoms with E-state index >= 15 is 0 Å². The summed E-state index contributed by atoms with van der Waals surface area (Å²) in [7, 11) is 0. The van der Waals surface area contributed by atoms with E-state index in [1.165, 1.54) is 27.6 Å². The molecule has 1 aliphatic heterocycles. The summed E-state index contributed by atoms with van der Waals surface area (Å²) in [6.45, 7) is 5.99. The van der Waals surface area contributed by atoms with Gasteiger partial charge in [-0.15, -0.1) is 0 Å². The Morgan fingerprint density at radius 2 is 1.84 bits per heavy atom. The third-order valence-corrected chi connectivity index (χ3v) is 4.93. The Balaban J connectivity index is 1.75. The standard InChI is InChI=1S/C22H23N3/c1-2-16-3-5-17(6-4-16)19-13-18-7-10-24-15-21(18)22(14-19)25-20-8-11-23-12-9-20/h2-7,10,13-15,20,23,25H,1,8-9,11-12H2. The summed E-state index contributed by atoms with van der Waals surface area (Å²) in [4.78, 5) is 4.33. The Morgan fingerprint density at radius 1 is 1.04 bits per heavy atom. The fourth-order valence-corrected chi connectivity index (χ4v) is 3.48. The zero-order chi connectivity index (χ0) is 17.1. The van der Waals surface area contributed by atoms with Gasteiger partial charge in [0, 0.05) is 29.5 Å². The van der Waals surface area contributed by atoms with Gasteiger partial charge in [0.05, 0.1) is 0 Å². The molecule has 2 N–H and O–H groups in total. The van der Waals surface area contributed by atoms with E-state index in [0.29, 0.717) is 6.04 Å². The maximum atomic E-state index is 4.33. The maximum Gasteiger partial charge on any atom is 0.0443 e. The summed E-state index contributed by atoms with van der Waals surface area (Å²) in [5.74, 6) is 0. The van der Waals surface area contributed by atoms with Crippen LogP contribution in [0.5, 0.6) is 0 Å². The Morgan fingerprint density at radius 3 is 2.60 bits per heavy atom. The number of rotatable bonds is 4. The van der Waals surface area contributed by atoms with Gasteiger partial charge in [-0.05, 0) is 66.2 Å². The molecule has 3 heteroatoms. The van der Waals surface area contributed by atoms with Gasteiger partial charge in [0.1, 0.15) is 0 Å². The smallest absolute Gasteiger partial charge is 0.0443 e. The Labute approximate surface area is 148 Å². The van der Waals surface area contributed by atoms with Crippen LogP contribution in [0.3, 0.4) is 0 Å². The highest BCUT2D eigenvalue weighted by molar-refractivity contribution is 5.97. The summed E-state index contributed by atoms with van der Waals surface area (Å²) >= 11 is 0. The van der Waals surface area contributed by atoms with Crippen LogP contribution in [-0.2, 0) is 0 Å². The monoisotopic (exact) mass is 329 g/mol. The number of benzene rings is 2. The lowest BCUT2D eigenvalue weighted by Gasteiger charge is -2.25. The number of hydrogen-bond donors (Lipinski definition) is 2. The minimum absolute atomic E-state index is 0.517. The number of hydrogen-bond acceptors (Lipinski definition) is 3. The molecule has 1 aliphatic rings. The molecule has 2 aromatic carbocycles. The van der Waals surface area contributed by atoms with Crippen molar-refractivity contribution in [3.63, 3.8) is 0 Å². The second-order valence-corrected chi connectivity index (χ2v) is 6.62. The lowest BCUT2D eigenvalue weighted by molar-refractivity contribution is 0.479. The SMILES string of the molecule is C=Cc1ccc(-c2cc(NC3CCNCC3)c3cnccc3c2)cc1. The van der Waals surface area contributed by atoms with Crippen LogP contribution >= 0.6 is 0 Å². The molecule has 1 fully saturated rings. The highest BCUT2D eigenvalue weighted by atomic mass is 15.0. The molecule has 0 saturated carbocycles. The Hall–Kier alpha value is -2.65. The average Bonchev–Trinajstić information content (AvgIpc) is 2.69. The van der Waals surface area contributed by atoms with Crippen molar-refractivity contribution in [1.82, 2.24) is 10.3 Å². The number of aromatic nitrogens is 1. The largest absolute Gasteiger partial charge is 0.382 e. The molecule has 0 amide bonds. The van der Waals surface area contributed by atoms with Crippen molar-refractivity contribution in [2.24, 2.45) is 0 Å². The van der Waals surface area contributed by atoms with Crippen LogP contribution in [0.15, 0.2) is 61.4 Å². The number of pyridine rings is 1. The molecule has 0 bridgehead atoms. The molecule has 1 aromatic heterocycles. The predicted molar refractivity (Wildman–Crippen MR) is 107 cm³/mol. The zero-order valence-electron chi connectivity index (χ0n) is 14.3. The van der Waals surface area contributed by atoms with Gasteiger partial charge in [0.15, 0.2) is 0 Å². The molecule has 1 saturated heterocycles. The highest BCUT2D eigenvalue weighted by Gasteiger charge is 2.14. The van der Waals surface area contributed by atoms with Crippen molar-refractivity contribution in [2.45, 2.75) is 18.9 Å². The van der Waals surface area contributed by atoms with E-state index in [0.717, 1.165) is 31.5 Å². The van der Waals surface area contributed by atoms with Gasteiger partial charge in [-0.1, -0.05) is 36.9 Å². The van der Waals surface area contributed by atoms with Crippen LogP contribution in [0.1, 0.15) is 18.4 Å². The molecule has 3 aromatic rings. The number of piperidine rings is 1. The number of anilines is 1. The van der Waals surface area contributed by atoms with Gasteiger partial charge in [-0.3, -0.25) is 4.98 Å². The molecule has 4 rings (SSSR count). The van der Waals surface area contributed by atoms with Crippen molar-refractivity contribution in [2.75, 3.05) is 18.4 Å². The van der Waals surface area contributed by atoms with E-state index in [9.17, 15) is 0 Å². The van der Waals surface area contributed by atoms with Gasteiger partial charge < -0.3 is 10.6 Å². The van der Waals surface area contributed by atoms with E-state index in [4.69, 9.17) is 0 Å². The molecule has 2 heterocycles. The molecule has 0 unspecified atom stereocenters. The first-order valence-corrected chi connectivity index (χ1v) is 8.91. The minimum atomic E-state index is 0.517. The second-order valence-electron chi connectivity index (χ2n) is 6.62. The fourth-order valence-electron chi connectivity index (χ4n) is 3.48. The van der Waals surface area contributed by atoms with Gasteiger partial charge in [0.25, 0.3) is 0 Å². The van der Waals surface area contributed by atoms with E-state index < -0.39 is 0 Å². The first-order chi connectivity index (χ1) is 12.3. The van der Waals surface area contributed by atoms with Crippen LogP contribution in [0.2, 0.25) is 0 Å². The number of fused-ring (bicyclic) bond motifs is 1. The van der Waals surface area contributed by atoms with Crippen LogP contribution < -0.4 is 10.6 Å². The van der Waals surface area contributed by atoms with E-state index in [-0.39, 0.29) is 0 Å². The van der Waals surface area contributed by atoms with Crippen molar-refractivity contribution < 1.29 is 0 Å². The summed E-state index contributed by atoms with van der Waals surface area (Å²) < 4.78 is 0. The van der Waals surface area contributed by atoms with Gasteiger partial charge in [-0.2, -0.15) is 0 Å². The summed E-state index contributed by atoms with van der Waals surface area (Å²) in [6.07, 6.45) is 8.00. The molecular formula is C22H23N3. The zero-order valence-corrected chi connectivity index (χ0v) is 14.3. The maximum absolute atomic E-state index is 4.33. The summed E-state index contributed by atoms with van der Waals surface area (Å²) in [5.41, 5.74) is 4.77. The first kappa shape index (κ1) is 15.9. The third-order valence-electron chi connectivity index (χ3n) is 4.93. The lowest BCUT2D eigenvalue weighted by Crippen LogP contribution is -2.35. The topological polar surface area (TPSA) is 37.0 Å². The first-order valence-electron chi connectivity index (χ1n) is 8.91. The van der Waals surface area contributed by atoms with Crippen LogP contribution in [0.25, 0.3) is 28.0 Å². The highest BCUT2D eigenvalue weighted by Crippen LogP contribution is 2.32. The molecule has 3 nitrogen and oxygen atoms in total. The van der Waals surface area contributed by atoms with E-state index in [1.807, 2.05) is 18.5 Å². The van der Waals surface area contributed by atoms with Crippen molar-refractivity contribution >= 4 is 22.5 Å². The number of nitrogens with zero attached hydrogens (tertiary/aromatic N) is 1. The second kappa shape index (κ2) is 7.08. The van der Waals surface area contributed by atoms with E-state index in [2.05, 4.69) is 64.7 Å². The third kappa shape index (κ3) is 3.42. The molecule has 126 valence electrons. The van der Waals surface area contributed by atoms with Crippen molar-refractivity contribution in [1.29, 1.82) is 0 Å². The fraction of sp³-hybridized carbons (Fsp3) is 0.227. The number of nitrogens with one attached hydrogen (secondary N) is 2. The van der Waals surface area contributed by atoms with Gasteiger partial charge >= 0.3 is 0 Å². The Kier molecular flexibility index (Phi) is 4.49. The Bertz CT molecular complexity index is 877. The lowest BCUT2D eigenvalue weighted by atomic mass is 9.98. The van der Waals surface area contributed by atoms with Crippen molar-refractivity contribution in [3.05, 3.63) is 67.0 Å². The average molecular weight is 329 g/mol. The molecular weight excluding hydrogens is 306 g/mol. The summed E-state index contributed by atoms with van der Waals surface area (Å²) in [5, 5.41) is 9.59. The van der Waals surface area contributed by atoms with Crippen LogP contribution in [0.4, 0.5) is 5.69 Å².